The predicted molar refractivity (Wildman–Crippen MR) is 144 cm³/mol. The Kier molecular flexibility index (Phi) is 11.1. The summed E-state index contributed by atoms with van der Waals surface area (Å²) in [5.41, 5.74) is 0.376. The molecular formula is C28H34N4O4S. The number of pyridine rings is 1. The quantitative estimate of drug-likeness (QED) is 0.332. The zero-order valence-corrected chi connectivity index (χ0v) is 22.1. The van der Waals surface area contributed by atoms with Crippen molar-refractivity contribution in [3.8, 4) is 5.75 Å². The van der Waals surface area contributed by atoms with Gasteiger partial charge in [0, 0.05) is 36.8 Å². The van der Waals surface area contributed by atoms with Gasteiger partial charge in [0.05, 0.1) is 12.1 Å². The monoisotopic (exact) mass is 522 g/mol. The Morgan fingerprint density at radius 1 is 1.00 bits per heavy atom. The van der Waals surface area contributed by atoms with Crippen LogP contribution >= 0.6 is 11.3 Å². The highest BCUT2D eigenvalue weighted by Gasteiger charge is 2.33. The molecule has 3 aromatic rings. The number of aromatic nitrogens is 1. The van der Waals surface area contributed by atoms with E-state index < -0.39 is 6.04 Å². The summed E-state index contributed by atoms with van der Waals surface area (Å²) in [5, 5.41) is 7.59. The second-order valence-corrected chi connectivity index (χ2v) is 9.87. The van der Waals surface area contributed by atoms with E-state index in [-0.39, 0.29) is 43.8 Å². The molecule has 37 heavy (non-hydrogen) atoms. The van der Waals surface area contributed by atoms with Crippen molar-refractivity contribution in [2.24, 2.45) is 5.92 Å². The van der Waals surface area contributed by atoms with Gasteiger partial charge in [0.2, 0.25) is 11.8 Å². The molecule has 1 atom stereocenters. The number of amides is 3. The van der Waals surface area contributed by atoms with Gasteiger partial charge < -0.3 is 20.3 Å². The zero-order chi connectivity index (χ0) is 26.5. The van der Waals surface area contributed by atoms with Crippen LogP contribution in [0.3, 0.4) is 0 Å². The minimum absolute atomic E-state index is 0.117. The number of nitrogens with one attached hydrogen (secondary N) is 2. The molecule has 2 heterocycles. The lowest BCUT2D eigenvalue weighted by Crippen LogP contribution is -2.45. The topological polar surface area (TPSA) is 101 Å². The third-order valence-corrected chi connectivity index (χ3v) is 6.51. The molecule has 0 saturated heterocycles. The van der Waals surface area contributed by atoms with Crippen LogP contribution in [0.15, 0.2) is 72.4 Å². The molecule has 0 aliphatic rings. The van der Waals surface area contributed by atoms with E-state index in [1.54, 1.807) is 18.3 Å². The van der Waals surface area contributed by atoms with Crippen LogP contribution in [0.25, 0.3) is 0 Å². The molecule has 3 amide bonds. The van der Waals surface area contributed by atoms with Gasteiger partial charge in [-0.3, -0.25) is 19.4 Å². The van der Waals surface area contributed by atoms with Crippen LogP contribution < -0.4 is 15.4 Å². The second kappa shape index (κ2) is 14.7. The number of benzene rings is 1. The molecule has 0 aliphatic heterocycles. The van der Waals surface area contributed by atoms with Crippen molar-refractivity contribution < 1.29 is 19.1 Å². The Hall–Kier alpha value is -3.72. The molecule has 0 fully saturated rings. The van der Waals surface area contributed by atoms with Gasteiger partial charge in [0.15, 0.2) is 0 Å². The van der Waals surface area contributed by atoms with Crippen LogP contribution in [0.5, 0.6) is 5.75 Å². The van der Waals surface area contributed by atoms with Crippen molar-refractivity contribution in [3.63, 3.8) is 0 Å². The van der Waals surface area contributed by atoms with Crippen molar-refractivity contribution in [1.82, 2.24) is 20.5 Å². The Labute approximate surface area is 222 Å². The number of para-hydroxylation sites is 1. The fourth-order valence-corrected chi connectivity index (χ4v) is 4.47. The summed E-state index contributed by atoms with van der Waals surface area (Å²) in [5.74, 6) is 0.380. The third-order valence-electron chi connectivity index (χ3n) is 5.58. The van der Waals surface area contributed by atoms with Crippen LogP contribution in [-0.4, -0.2) is 53.8 Å². The molecule has 2 aromatic heterocycles. The van der Waals surface area contributed by atoms with E-state index in [1.807, 2.05) is 47.8 Å². The first-order valence-electron chi connectivity index (χ1n) is 12.4. The molecular weight excluding hydrogens is 488 g/mol. The van der Waals surface area contributed by atoms with E-state index in [0.29, 0.717) is 23.8 Å². The molecule has 0 bridgehead atoms. The minimum atomic E-state index is -0.879. The third kappa shape index (κ3) is 9.02. The molecule has 1 unspecified atom stereocenters. The molecule has 9 heteroatoms. The van der Waals surface area contributed by atoms with E-state index in [0.717, 1.165) is 11.3 Å². The first-order chi connectivity index (χ1) is 18.0. The van der Waals surface area contributed by atoms with Gasteiger partial charge in [0.1, 0.15) is 18.4 Å². The van der Waals surface area contributed by atoms with E-state index >= 15 is 0 Å². The molecule has 0 aliphatic carbocycles. The lowest BCUT2D eigenvalue weighted by molar-refractivity contribution is -0.126. The largest absolute Gasteiger partial charge is 0.492 e. The fourth-order valence-electron chi connectivity index (χ4n) is 3.64. The van der Waals surface area contributed by atoms with Crippen LogP contribution in [-0.2, 0) is 9.59 Å². The molecule has 8 nitrogen and oxygen atoms in total. The first-order valence-corrected chi connectivity index (χ1v) is 13.3. The fraction of sp³-hybridized carbons (Fsp3) is 0.357. The van der Waals surface area contributed by atoms with Crippen molar-refractivity contribution >= 4 is 29.1 Å². The number of nitrogens with zero attached hydrogens (tertiary/aromatic N) is 2. The van der Waals surface area contributed by atoms with Crippen LogP contribution in [0.4, 0.5) is 0 Å². The lowest BCUT2D eigenvalue weighted by Gasteiger charge is -2.30. The Balaban J connectivity index is 1.73. The standard InChI is InChI=1S/C28H34N4O4S/c1-21(2)12-15-30-25(33)13-16-31-27(34)26(24-11-7-19-37-24)32(28(35)22-8-6-14-29-20-22)17-18-36-23-9-4-3-5-10-23/h3-11,14,19-21,26H,12-13,15-18H2,1-2H3,(H,30,33)(H,31,34). The average molecular weight is 523 g/mol. The van der Waals surface area contributed by atoms with E-state index in [9.17, 15) is 14.4 Å². The zero-order valence-electron chi connectivity index (χ0n) is 21.3. The van der Waals surface area contributed by atoms with Gasteiger partial charge >= 0.3 is 0 Å². The SMILES string of the molecule is CC(C)CCNC(=O)CCNC(=O)C(c1cccs1)N(CCOc1ccccc1)C(=O)c1cccnc1. The molecule has 2 N–H and O–H groups in total. The Morgan fingerprint density at radius 2 is 1.81 bits per heavy atom. The van der Waals surface area contributed by atoms with Gasteiger partial charge in [-0.2, -0.15) is 0 Å². The summed E-state index contributed by atoms with van der Waals surface area (Å²) < 4.78 is 5.85. The number of ether oxygens (including phenoxy) is 1. The number of hydrogen-bond acceptors (Lipinski definition) is 6. The normalized spacial score (nSPS) is 11.5. The number of carbonyl (C=O) groups is 3. The minimum Gasteiger partial charge on any atom is -0.492 e. The number of carbonyl (C=O) groups excluding carboxylic acids is 3. The van der Waals surface area contributed by atoms with E-state index in [4.69, 9.17) is 4.74 Å². The number of hydrogen-bond donors (Lipinski definition) is 2. The van der Waals surface area contributed by atoms with Crippen molar-refractivity contribution in [1.29, 1.82) is 0 Å². The maximum atomic E-state index is 13.6. The van der Waals surface area contributed by atoms with Gasteiger partial charge in [-0.25, -0.2) is 0 Å². The highest BCUT2D eigenvalue weighted by molar-refractivity contribution is 7.10. The summed E-state index contributed by atoms with van der Waals surface area (Å²) in [7, 11) is 0. The van der Waals surface area contributed by atoms with Crippen LogP contribution in [0.2, 0.25) is 0 Å². The summed E-state index contributed by atoms with van der Waals surface area (Å²) in [4.78, 5) is 45.5. The Bertz CT molecular complexity index is 1110. The number of thiophene rings is 1. The van der Waals surface area contributed by atoms with Crippen molar-refractivity contribution in [2.45, 2.75) is 32.7 Å². The highest BCUT2D eigenvalue weighted by Crippen LogP contribution is 2.27. The summed E-state index contributed by atoms with van der Waals surface area (Å²) in [6.07, 6.45) is 4.14. The molecule has 0 saturated carbocycles. The summed E-state index contributed by atoms with van der Waals surface area (Å²) in [6.45, 7) is 5.35. The van der Waals surface area contributed by atoms with Gasteiger partial charge in [-0.05, 0) is 48.1 Å². The summed E-state index contributed by atoms with van der Waals surface area (Å²) >= 11 is 1.39. The lowest BCUT2D eigenvalue weighted by atomic mass is 10.1. The molecule has 3 rings (SSSR count). The maximum Gasteiger partial charge on any atom is 0.256 e. The molecule has 196 valence electrons. The van der Waals surface area contributed by atoms with Crippen molar-refractivity contribution in [2.75, 3.05) is 26.2 Å². The Morgan fingerprint density at radius 3 is 2.49 bits per heavy atom. The predicted octanol–water partition coefficient (Wildman–Crippen LogP) is 4.07. The maximum absolute atomic E-state index is 13.6. The average Bonchev–Trinajstić information content (AvgIpc) is 3.43. The van der Waals surface area contributed by atoms with E-state index in [1.165, 1.54) is 22.4 Å². The number of rotatable bonds is 14. The molecule has 0 radical (unpaired) electrons. The second-order valence-electron chi connectivity index (χ2n) is 8.89. The van der Waals surface area contributed by atoms with Gasteiger partial charge in [0.25, 0.3) is 5.91 Å². The highest BCUT2D eigenvalue weighted by atomic mass is 32.1. The summed E-state index contributed by atoms with van der Waals surface area (Å²) in [6, 6.07) is 15.5. The van der Waals surface area contributed by atoms with Gasteiger partial charge in [-0.1, -0.05) is 38.1 Å². The smallest absolute Gasteiger partial charge is 0.256 e. The van der Waals surface area contributed by atoms with Gasteiger partial charge in [-0.15, -0.1) is 11.3 Å². The molecule has 1 aromatic carbocycles. The van der Waals surface area contributed by atoms with E-state index in [2.05, 4.69) is 29.5 Å². The molecule has 0 spiro atoms. The first kappa shape index (κ1) is 27.9. The van der Waals surface area contributed by atoms with Crippen LogP contribution in [0.1, 0.15) is 48.0 Å². The van der Waals surface area contributed by atoms with Crippen molar-refractivity contribution in [3.05, 3.63) is 82.8 Å². The van der Waals surface area contributed by atoms with Crippen LogP contribution in [0, 0.1) is 5.92 Å².